The third-order valence-electron chi connectivity index (χ3n) is 8.01. The lowest BCUT2D eigenvalue weighted by Crippen LogP contribution is -2.37. The molecular formula is C27H31N7O3. The molecule has 2 bridgehead atoms. The highest BCUT2D eigenvalue weighted by atomic mass is 16.2. The number of Topliss-reactive ketones (excluding diaryl/α,β-unsaturated/α-hetero) is 1. The number of carbonyl (C=O) groups is 2. The summed E-state index contributed by atoms with van der Waals surface area (Å²) in [4.78, 5) is 54.0. The van der Waals surface area contributed by atoms with Gasteiger partial charge in [-0.1, -0.05) is 12.8 Å². The van der Waals surface area contributed by atoms with Crippen molar-refractivity contribution in [2.24, 2.45) is 0 Å². The maximum Gasteiger partial charge on any atom is 0.263 e. The summed E-state index contributed by atoms with van der Waals surface area (Å²) in [5.41, 5.74) is 1.85. The van der Waals surface area contributed by atoms with Crippen molar-refractivity contribution in [2.75, 3.05) is 16.8 Å². The summed E-state index contributed by atoms with van der Waals surface area (Å²) in [6.45, 7) is 3.86. The number of rotatable bonds is 5. The van der Waals surface area contributed by atoms with Crippen LogP contribution in [0, 0.1) is 6.92 Å². The molecule has 5 heterocycles. The first-order valence-corrected chi connectivity index (χ1v) is 13.1. The van der Waals surface area contributed by atoms with Crippen molar-refractivity contribution in [1.29, 1.82) is 0 Å². The highest BCUT2D eigenvalue weighted by Crippen LogP contribution is 2.32. The third kappa shape index (κ3) is 4.29. The number of carbonyl (C=O) groups excluding carboxylic acids is 2. The van der Waals surface area contributed by atoms with E-state index >= 15 is 0 Å². The van der Waals surface area contributed by atoms with E-state index in [1.54, 1.807) is 30.0 Å². The van der Waals surface area contributed by atoms with Gasteiger partial charge in [0, 0.05) is 42.7 Å². The number of nitrogens with zero attached hydrogens (tertiary/aromatic N) is 5. The molecule has 2 aliphatic heterocycles. The Morgan fingerprint density at radius 1 is 1.05 bits per heavy atom. The number of nitrogens with one attached hydrogen (secondary N) is 2. The predicted octanol–water partition coefficient (Wildman–Crippen LogP) is 3.41. The maximum absolute atomic E-state index is 13.4. The van der Waals surface area contributed by atoms with E-state index in [1.807, 2.05) is 11.0 Å². The van der Waals surface area contributed by atoms with E-state index in [9.17, 15) is 14.4 Å². The van der Waals surface area contributed by atoms with Crippen LogP contribution in [-0.2, 0) is 4.79 Å². The van der Waals surface area contributed by atoms with Gasteiger partial charge in [0.05, 0.1) is 17.4 Å². The van der Waals surface area contributed by atoms with Crippen LogP contribution in [0.4, 0.5) is 17.5 Å². The molecule has 6 rings (SSSR count). The van der Waals surface area contributed by atoms with Gasteiger partial charge in [-0.05, 0) is 57.2 Å². The normalized spacial score (nSPS) is 22.0. The molecule has 10 heteroatoms. The number of ketones is 1. The van der Waals surface area contributed by atoms with Crippen molar-refractivity contribution in [1.82, 2.24) is 24.8 Å². The molecule has 3 aromatic rings. The fourth-order valence-corrected chi connectivity index (χ4v) is 6.14. The molecule has 3 aromatic heterocycles. The highest BCUT2D eigenvalue weighted by Gasteiger charge is 2.34. The number of aryl methyl sites for hydroxylation is 1. The van der Waals surface area contributed by atoms with Crippen LogP contribution in [0.5, 0.6) is 0 Å². The van der Waals surface area contributed by atoms with Crippen molar-refractivity contribution in [2.45, 2.75) is 76.9 Å². The first-order chi connectivity index (χ1) is 17.9. The molecule has 1 aliphatic carbocycles. The fraction of sp³-hybridized carbons (Fsp3) is 0.481. The van der Waals surface area contributed by atoms with Crippen molar-refractivity contribution in [3.8, 4) is 0 Å². The molecule has 10 nitrogen and oxygen atoms in total. The summed E-state index contributed by atoms with van der Waals surface area (Å²) >= 11 is 0. The molecule has 1 saturated carbocycles. The van der Waals surface area contributed by atoms with Gasteiger partial charge in [-0.3, -0.25) is 19.0 Å². The summed E-state index contributed by atoms with van der Waals surface area (Å²) in [7, 11) is 0. The topological polar surface area (TPSA) is 122 Å². The molecule has 3 fully saturated rings. The van der Waals surface area contributed by atoms with E-state index in [1.165, 1.54) is 6.92 Å². The molecule has 2 saturated heterocycles. The molecule has 3 aliphatic rings. The Kier molecular flexibility index (Phi) is 5.98. The molecule has 0 unspecified atom stereocenters. The number of pyridine rings is 2. The zero-order valence-corrected chi connectivity index (χ0v) is 21.2. The van der Waals surface area contributed by atoms with Gasteiger partial charge < -0.3 is 15.5 Å². The van der Waals surface area contributed by atoms with Crippen LogP contribution in [0.1, 0.15) is 73.8 Å². The van der Waals surface area contributed by atoms with Crippen molar-refractivity contribution < 1.29 is 9.59 Å². The van der Waals surface area contributed by atoms with Gasteiger partial charge in [-0.15, -0.1) is 0 Å². The van der Waals surface area contributed by atoms with Crippen molar-refractivity contribution >= 4 is 40.2 Å². The molecule has 2 N–H and O–H groups in total. The molecule has 0 aromatic carbocycles. The number of amides is 1. The van der Waals surface area contributed by atoms with Crippen LogP contribution in [0.15, 0.2) is 29.3 Å². The lowest BCUT2D eigenvalue weighted by molar-refractivity contribution is -0.118. The van der Waals surface area contributed by atoms with Gasteiger partial charge in [0.15, 0.2) is 5.78 Å². The van der Waals surface area contributed by atoms with Crippen LogP contribution in [0.25, 0.3) is 11.0 Å². The Labute approximate surface area is 214 Å². The molecule has 0 spiro atoms. The summed E-state index contributed by atoms with van der Waals surface area (Å²) in [5.74, 6) is 0.734. The van der Waals surface area contributed by atoms with Crippen LogP contribution in [-0.4, -0.2) is 49.8 Å². The first kappa shape index (κ1) is 23.7. The summed E-state index contributed by atoms with van der Waals surface area (Å²) < 4.78 is 1.70. The van der Waals surface area contributed by atoms with Crippen LogP contribution < -0.4 is 21.1 Å². The second-order valence-corrected chi connectivity index (χ2v) is 10.5. The fourth-order valence-electron chi connectivity index (χ4n) is 6.14. The second-order valence-electron chi connectivity index (χ2n) is 10.5. The van der Waals surface area contributed by atoms with Gasteiger partial charge in [0.25, 0.3) is 5.56 Å². The minimum absolute atomic E-state index is 0.0183. The van der Waals surface area contributed by atoms with Crippen LogP contribution >= 0.6 is 0 Å². The zero-order valence-electron chi connectivity index (χ0n) is 21.2. The van der Waals surface area contributed by atoms with Crippen LogP contribution in [0.2, 0.25) is 0 Å². The quantitative estimate of drug-likeness (QED) is 0.510. The number of hydrogen-bond acceptors (Lipinski definition) is 8. The van der Waals surface area contributed by atoms with Crippen molar-refractivity contribution in [3.05, 3.63) is 46.0 Å². The average Bonchev–Trinajstić information content (AvgIpc) is 3.52. The van der Waals surface area contributed by atoms with E-state index in [0.717, 1.165) is 44.2 Å². The lowest BCUT2D eigenvalue weighted by Gasteiger charge is -2.24. The standard InChI is InChI=1S/C27H31N7O3/c1-15-21-13-29-27(32-25(21)34(19-5-3-4-6-19)26(37)24(15)16(2)35)31-22-10-9-20(12-28-22)33-14-18-8-7-17(30-18)11-23(33)36/h9-10,12-13,17-19,30H,3-8,11,14H2,1-2H3,(H,28,29,31,32)/t17-,18+/m0/s1. The van der Waals surface area contributed by atoms with Crippen molar-refractivity contribution in [3.63, 3.8) is 0 Å². The van der Waals surface area contributed by atoms with Gasteiger partial charge in [-0.2, -0.15) is 4.98 Å². The van der Waals surface area contributed by atoms with Crippen LogP contribution in [0.3, 0.4) is 0 Å². The SMILES string of the molecule is CC(=O)c1c(C)c2cnc(Nc3ccc(N4C[C@H]5CC[C@@H](CC4=O)N5)cn3)nc2n(C2CCCC2)c1=O. The van der Waals surface area contributed by atoms with Gasteiger partial charge in [0.1, 0.15) is 11.5 Å². The Balaban J connectivity index is 1.31. The predicted molar refractivity (Wildman–Crippen MR) is 140 cm³/mol. The van der Waals surface area contributed by atoms with E-state index < -0.39 is 0 Å². The molecule has 192 valence electrons. The number of hydrogen-bond donors (Lipinski definition) is 2. The number of anilines is 3. The third-order valence-corrected chi connectivity index (χ3v) is 8.01. The molecule has 2 atom stereocenters. The minimum atomic E-state index is -0.276. The molecule has 1 amide bonds. The minimum Gasteiger partial charge on any atom is -0.309 e. The van der Waals surface area contributed by atoms with Gasteiger partial charge in [0.2, 0.25) is 11.9 Å². The summed E-state index contributed by atoms with van der Waals surface area (Å²) in [6, 6.07) is 4.30. The summed E-state index contributed by atoms with van der Waals surface area (Å²) in [5, 5.41) is 7.37. The highest BCUT2D eigenvalue weighted by molar-refractivity contribution is 5.99. The van der Waals surface area contributed by atoms with E-state index in [2.05, 4.69) is 20.6 Å². The van der Waals surface area contributed by atoms with Gasteiger partial charge >= 0.3 is 0 Å². The molecular weight excluding hydrogens is 470 g/mol. The second kappa shape index (κ2) is 9.33. The van der Waals surface area contributed by atoms with E-state index in [-0.39, 0.29) is 34.9 Å². The lowest BCUT2D eigenvalue weighted by atomic mass is 10.0. The largest absolute Gasteiger partial charge is 0.309 e. The Morgan fingerprint density at radius 3 is 2.57 bits per heavy atom. The Bertz CT molecular complexity index is 1440. The monoisotopic (exact) mass is 501 g/mol. The summed E-state index contributed by atoms with van der Waals surface area (Å²) in [6.07, 6.45) is 9.88. The van der Waals surface area contributed by atoms with E-state index in [0.29, 0.717) is 47.4 Å². The zero-order chi connectivity index (χ0) is 25.7. The average molecular weight is 502 g/mol. The smallest absolute Gasteiger partial charge is 0.263 e. The first-order valence-electron chi connectivity index (χ1n) is 13.1. The Hall–Kier alpha value is -3.66. The maximum atomic E-state index is 13.4. The molecule has 37 heavy (non-hydrogen) atoms. The number of aromatic nitrogens is 4. The Morgan fingerprint density at radius 2 is 1.84 bits per heavy atom. The van der Waals surface area contributed by atoms with E-state index in [4.69, 9.17) is 4.98 Å². The number of fused-ring (bicyclic) bond motifs is 3. The molecule has 0 radical (unpaired) electrons. The van der Waals surface area contributed by atoms with Gasteiger partial charge in [-0.25, -0.2) is 9.97 Å².